The average Bonchev–Trinajstić information content (AvgIpc) is 3.39. The first-order valence-electron chi connectivity index (χ1n) is 9.96. The van der Waals surface area contributed by atoms with Crippen LogP contribution in [0.15, 0.2) is 52.4 Å². The third kappa shape index (κ3) is 4.48. The van der Waals surface area contributed by atoms with Gasteiger partial charge in [-0.15, -0.1) is 0 Å². The lowest BCUT2D eigenvalue weighted by atomic mass is 10.0. The number of ether oxygens (including phenoxy) is 1. The molecule has 8 nitrogen and oxygen atoms in total. The van der Waals surface area contributed by atoms with Crippen LogP contribution in [0.1, 0.15) is 28.5 Å². The molecule has 0 radical (unpaired) electrons. The van der Waals surface area contributed by atoms with Gasteiger partial charge in [0.1, 0.15) is 24.2 Å². The molecule has 2 aromatic heterocycles. The van der Waals surface area contributed by atoms with Crippen LogP contribution < -0.4 is 0 Å². The van der Waals surface area contributed by atoms with Gasteiger partial charge in [-0.05, 0) is 64.4 Å². The molecule has 0 saturated carbocycles. The summed E-state index contributed by atoms with van der Waals surface area (Å²) in [5, 5.41) is 15.4. The number of halogens is 2. The molecule has 1 unspecified atom stereocenters. The van der Waals surface area contributed by atoms with E-state index >= 15 is 0 Å². The molecule has 11 heteroatoms. The Morgan fingerprint density at radius 3 is 2.70 bits per heavy atom. The number of carbonyl (C=O) groups is 1. The highest BCUT2D eigenvalue weighted by molar-refractivity contribution is 9.10. The molecule has 0 bridgehead atoms. The average molecular weight is 535 g/mol. The van der Waals surface area contributed by atoms with Gasteiger partial charge in [0, 0.05) is 18.0 Å². The molecule has 0 spiro atoms. The molecule has 1 N–H and O–H groups in total. The minimum atomic E-state index is -1.56. The third-order valence-electron chi connectivity index (χ3n) is 5.25. The summed E-state index contributed by atoms with van der Waals surface area (Å²) in [6, 6.07) is 7.09. The lowest BCUT2D eigenvalue weighted by Gasteiger charge is -2.13. The largest absolute Gasteiger partial charge is 0.611 e. The Hall–Kier alpha value is -2.89. The third-order valence-corrected chi connectivity index (χ3v) is 7.19. The summed E-state index contributed by atoms with van der Waals surface area (Å²) in [6.07, 6.45) is 2.88. The van der Waals surface area contributed by atoms with Crippen molar-refractivity contribution in [3.8, 4) is 5.75 Å². The van der Waals surface area contributed by atoms with E-state index in [9.17, 15) is 18.8 Å². The van der Waals surface area contributed by atoms with Gasteiger partial charge in [-0.1, -0.05) is 0 Å². The van der Waals surface area contributed by atoms with Crippen LogP contribution in [0.4, 0.5) is 4.39 Å². The fourth-order valence-corrected chi connectivity index (χ4v) is 5.34. The predicted octanol–water partition coefficient (Wildman–Crippen LogP) is 3.91. The standard InChI is InChI=1S/C22H20BrFN4O4S/c1-3-32-22(30)20-18(10-33(31)14-6-4-13(24)5-7-14)27(2)17-8-16(23)21(29)15(19(17)20)9-28-12-25-11-26-28/h4-8,11-12,29H,3,9-10H2,1-2H3. The van der Waals surface area contributed by atoms with Crippen molar-refractivity contribution in [2.24, 2.45) is 7.05 Å². The van der Waals surface area contributed by atoms with E-state index in [1.165, 1.54) is 41.6 Å². The van der Waals surface area contributed by atoms with Crippen molar-refractivity contribution in [1.82, 2.24) is 19.3 Å². The van der Waals surface area contributed by atoms with Crippen LogP contribution >= 0.6 is 15.9 Å². The van der Waals surface area contributed by atoms with E-state index in [2.05, 4.69) is 26.0 Å². The molecule has 0 aliphatic carbocycles. The molecule has 2 aromatic carbocycles. The molecule has 172 valence electrons. The molecule has 2 heterocycles. The van der Waals surface area contributed by atoms with Crippen molar-refractivity contribution >= 4 is 44.0 Å². The van der Waals surface area contributed by atoms with E-state index in [0.29, 0.717) is 31.5 Å². The quantitative estimate of drug-likeness (QED) is 0.284. The zero-order valence-corrected chi connectivity index (χ0v) is 20.2. The molecule has 0 amide bonds. The zero-order valence-electron chi connectivity index (χ0n) is 17.8. The molecule has 4 rings (SSSR count). The van der Waals surface area contributed by atoms with Gasteiger partial charge in [0.2, 0.25) is 0 Å². The van der Waals surface area contributed by atoms with Crippen LogP contribution in [-0.4, -0.2) is 41.6 Å². The molecule has 0 aliphatic heterocycles. The Bertz CT molecular complexity index is 1310. The van der Waals surface area contributed by atoms with Crippen LogP contribution in [0.5, 0.6) is 5.75 Å². The van der Waals surface area contributed by atoms with Crippen LogP contribution in [-0.2, 0) is 35.3 Å². The first-order valence-corrected chi connectivity index (χ1v) is 12.1. The van der Waals surface area contributed by atoms with Gasteiger partial charge in [0.05, 0.1) is 34.4 Å². The number of phenolic OH excluding ortho intramolecular Hbond substituents is 1. The number of hydrogen-bond donors (Lipinski definition) is 1. The molecule has 0 aliphatic rings. The maximum Gasteiger partial charge on any atom is 0.340 e. The number of benzene rings is 2. The van der Waals surface area contributed by atoms with Crippen LogP contribution in [0.2, 0.25) is 0 Å². The van der Waals surface area contributed by atoms with Gasteiger partial charge in [-0.25, -0.2) is 18.9 Å². The van der Waals surface area contributed by atoms with Crippen molar-refractivity contribution < 1.29 is 23.6 Å². The monoisotopic (exact) mass is 534 g/mol. The SMILES string of the molecule is CCOC(=O)c1c(C[S+]([O-])c2ccc(F)cc2)n(C)c2cc(Br)c(O)c(Cn3cncn3)c12. The van der Waals surface area contributed by atoms with Gasteiger partial charge in [-0.3, -0.25) is 0 Å². The minimum absolute atomic E-state index is 0.00783. The molecular formula is C22H20BrFN4O4S. The van der Waals surface area contributed by atoms with E-state index in [0.717, 1.165) is 0 Å². The fourth-order valence-electron chi connectivity index (χ4n) is 3.69. The van der Waals surface area contributed by atoms with Crippen molar-refractivity contribution in [2.75, 3.05) is 6.61 Å². The molecule has 0 fully saturated rings. The lowest BCUT2D eigenvalue weighted by Crippen LogP contribution is -2.14. The van der Waals surface area contributed by atoms with E-state index in [1.54, 1.807) is 24.6 Å². The summed E-state index contributed by atoms with van der Waals surface area (Å²) in [4.78, 5) is 17.5. The second-order valence-electron chi connectivity index (χ2n) is 7.22. The normalized spacial score (nSPS) is 12.3. The first kappa shape index (κ1) is 23.3. The maximum absolute atomic E-state index is 13.3. The number of esters is 1. The molecular weight excluding hydrogens is 515 g/mol. The van der Waals surface area contributed by atoms with Gasteiger partial charge in [-0.2, -0.15) is 5.10 Å². The van der Waals surface area contributed by atoms with E-state index < -0.39 is 23.0 Å². The highest BCUT2D eigenvalue weighted by atomic mass is 79.9. The fraction of sp³-hybridized carbons (Fsp3) is 0.227. The van der Waals surface area contributed by atoms with Crippen molar-refractivity contribution in [2.45, 2.75) is 24.1 Å². The topological polar surface area (TPSA) is 105 Å². The molecule has 1 atom stereocenters. The number of aromatic hydroxyl groups is 1. The second kappa shape index (κ2) is 9.54. The Kier molecular flexibility index (Phi) is 6.73. The summed E-state index contributed by atoms with van der Waals surface area (Å²) in [6.45, 7) is 2.00. The maximum atomic E-state index is 13.3. The van der Waals surface area contributed by atoms with Gasteiger partial charge >= 0.3 is 5.97 Å². The Morgan fingerprint density at radius 2 is 2.06 bits per heavy atom. The van der Waals surface area contributed by atoms with E-state index in [4.69, 9.17) is 4.74 Å². The number of aryl methyl sites for hydroxylation is 1. The van der Waals surface area contributed by atoms with E-state index in [1.807, 2.05) is 0 Å². The summed E-state index contributed by atoms with van der Waals surface area (Å²) in [5.41, 5.74) is 1.79. The number of nitrogens with zero attached hydrogens (tertiary/aromatic N) is 4. The number of carbonyl (C=O) groups excluding carboxylic acids is 1. The number of rotatable bonds is 7. The van der Waals surface area contributed by atoms with Gasteiger partial charge < -0.3 is 19.0 Å². The van der Waals surface area contributed by atoms with Crippen molar-refractivity contribution in [1.29, 1.82) is 0 Å². The number of phenols is 1. The predicted molar refractivity (Wildman–Crippen MR) is 124 cm³/mol. The highest BCUT2D eigenvalue weighted by Gasteiger charge is 2.30. The summed E-state index contributed by atoms with van der Waals surface area (Å²) in [5.74, 6) is -1.06. The summed E-state index contributed by atoms with van der Waals surface area (Å²) >= 11 is 1.82. The van der Waals surface area contributed by atoms with Crippen molar-refractivity contribution in [3.63, 3.8) is 0 Å². The molecule has 0 saturated heterocycles. The first-order chi connectivity index (χ1) is 15.8. The highest BCUT2D eigenvalue weighted by Crippen LogP contribution is 2.40. The number of fused-ring (bicyclic) bond motifs is 1. The number of hydrogen-bond acceptors (Lipinski definition) is 6. The molecule has 33 heavy (non-hydrogen) atoms. The Balaban J connectivity index is 1.92. The second-order valence-corrected chi connectivity index (χ2v) is 9.52. The van der Waals surface area contributed by atoms with Crippen LogP contribution in [0.25, 0.3) is 10.9 Å². The van der Waals surface area contributed by atoms with Gasteiger partial charge in [0.25, 0.3) is 0 Å². The Labute approximate surface area is 200 Å². The lowest BCUT2D eigenvalue weighted by molar-refractivity contribution is 0.0527. The Morgan fingerprint density at radius 1 is 1.33 bits per heavy atom. The van der Waals surface area contributed by atoms with E-state index in [-0.39, 0.29) is 30.2 Å². The summed E-state index contributed by atoms with van der Waals surface area (Å²) < 4.78 is 35.5. The zero-order chi connectivity index (χ0) is 23.7. The van der Waals surface area contributed by atoms with Crippen LogP contribution in [0.3, 0.4) is 0 Å². The van der Waals surface area contributed by atoms with Crippen molar-refractivity contribution in [3.05, 3.63) is 70.1 Å². The molecule has 4 aromatic rings. The van der Waals surface area contributed by atoms with Gasteiger partial charge in [0.15, 0.2) is 10.6 Å². The summed E-state index contributed by atoms with van der Waals surface area (Å²) in [7, 11) is 1.75. The minimum Gasteiger partial charge on any atom is -0.611 e. The number of aromatic nitrogens is 4. The smallest absolute Gasteiger partial charge is 0.340 e. The van der Waals surface area contributed by atoms with Crippen LogP contribution in [0, 0.1) is 5.82 Å².